The number of benzene rings is 1. The van der Waals surface area contributed by atoms with Crippen LogP contribution in [0.4, 0.5) is 0 Å². The zero-order valence-corrected chi connectivity index (χ0v) is 17.0. The number of ketones is 1. The summed E-state index contributed by atoms with van der Waals surface area (Å²) in [6, 6.07) is 7.86. The Morgan fingerprint density at radius 3 is 2.48 bits per heavy atom. The number of ether oxygens (including phenoxy) is 1. The fourth-order valence-electron chi connectivity index (χ4n) is 2.89. The van der Waals surface area contributed by atoms with E-state index in [-0.39, 0.29) is 31.8 Å². The highest BCUT2D eigenvalue weighted by molar-refractivity contribution is 5.79. The molecule has 0 aliphatic heterocycles. The minimum Gasteiger partial charge on any atom is -0.486 e. The number of Topliss-reactive ketones (excluding diaryl/α,β-unsaturated/α-hetero) is 1. The molecule has 1 heterocycles. The molecule has 1 aromatic heterocycles. The molecule has 0 unspecified atom stereocenters. The quantitative estimate of drug-likeness (QED) is 0.456. The van der Waals surface area contributed by atoms with Crippen molar-refractivity contribution in [3.05, 3.63) is 35.7 Å². The van der Waals surface area contributed by atoms with E-state index >= 15 is 0 Å². The molecule has 8 nitrogen and oxygen atoms in total. The van der Waals surface area contributed by atoms with Gasteiger partial charge in [-0.2, -0.15) is 4.80 Å². The lowest BCUT2D eigenvalue weighted by Crippen LogP contribution is -2.19. The van der Waals surface area contributed by atoms with Crippen molar-refractivity contribution in [2.24, 2.45) is 0 Å². The number of carbonyl (C=O) groups excluding carboxylic acids is 1. The first-order valence-corrected chi connectivity index (χ1v) is 10.3. The summed E-state index contributed by atoms with van der Waals surface area (Å²) >= 11 is 0. The van der Waals surface area contributed by atoms with Crippen LogP contribution in [0.15, 0.2) is 24.3 Å². The highest BCUT2D eigenvalue weighted by atomic mass is 16.5. The second-order valence-corrected chi connectivity index (χ2v) is 7.12. The molecular weight excluding hydrogens is 372 g/mol. The molecule has 1 aromatic carbocycles. The second kappa shape index (κ2) is 12.6. The number of aryl methyl sites for hydroxylation is 2. The zero-order valence-electron chi connectivity index (χ0n) is 17.0. The molecule has 2 aromatic rings. The van der Waals surface area contributed by atoms with Crippen LogP contribution in [-0.4, -0.2) is 43.7 Å². The molecule has 0 saturated heterocycles. The summed E-state index contributed by atoms with van der Waals surface area (Å²) in [5.74, 6) is -0.159. The summed E-state index contributed by atoms with van der Waals surface area (Å²) < 4.78 is 5.53. The molecule has 0 amide bonds. The molecule has 1 N–H and O–H groups in total. The Kier molecular flexibility index (Phi) is 9.82. The topological polar surface area (TPSA) is 107 Å². The minimum atomic E-state index is -0.927. The molecule has 158 valence electrons. The lowest BCUT2D eigenvalue weighted by Gasteiger charge is -2.07. The van der Waals surface area contributed by atoms with E-state index in [0.29, 0.717) is 11.6 Å². The van der Waals surface area contributed by atoms with Gasteiger partial charge in [0.2, 0.25) is 0 Å². The number of nitrogens with zero attached hydrogens (tertiary/aromatic N) is 4. The molecule has 0 bridgehead atoms. The zero-order chi connectivity index (χ0) is 20.9. The van der Waals surface area contributed by atoms with Gasteiger partial charge in [0.05, 0.1) is 6.42 Å². The molecule has 0 saturated carbocycles. The molecule has 0 aliphatic rings. The Balaban J connectivity index is 1.66. The molecular formula is C21H30N4O4. The maximum absolute atomic E-state index is 12.0. The summed E-state index contributed by atoms with van der Waals surface area (Å²) in [5.41, 5.74) is 1.28. The second-order valence-electron chi connectivity index (χ2n) is 7.12. The summed E-state index contributed by atoms with van der Waals surface area (Å²) in [5, 5.41) is 20.1. The molecule has 0 spiro atoms. The Labute approximate surface area is 171 Å². The van der Waals surface area contributed by atoms with E-state index in [0.717, 1.165) is 11.2 Å². The van der Waals surface area contributed by atoms with Gasteiger partial charge < -0.3 is 9.84 Å². The molecule has 0 atom stereocenters. The third-order valence-corrected chi connectivity index (χ3v) is 4.52. The monoisotopic (exact) mass is 402 g/mol. The number of aliphatic carboxylic acids is 1. The predicted molar refractivity (Wildman–Crippen MR) is 108 cm³/mol. The maximum Gasteiger partial charge on any atom is 0.303 e. The van der Waals surface area contributed by atoms with Gasteiger partial charge in [-0.3, -0.25) is 9.59 Å². The van der Waals surface area contributed by atoms with Gasteiger partial charge in [0.25, 0.3) is 0 Å². The van der Waals surface area contributed by atoms with Gasteiger partial charge in [-0.05, 0) is 35.8 Å². The van der Waals surface area contributed by atoms with Gasteiger partial charge in [0.1, 0.15) is 18.9 Å². The van der Waals surface area contributed by atoms with Gasteiger partial charge in [0, 0.05) is 6.42 Å². The highest BCUT2D eigenvalue weighted by Crippen LogP contribution is 2.15. The third kappa shape index (κ3) is 9.32. The molecule has 0 aliphatic carbocycles. The SMILES string of the molecule is CCCCCCCCc1ccc(OCC(=O)Cn2nnc(CCC(=O)O)n2)cc1. The first-order chi connectivity index (χ1) is 14.1. The summed E-state index contributed by atoms with van der Waals surface area (Å²) in [6.07, 6.45) is 8.86. The fraction of sp³-hybridized carbons (Fsp3) is 0.571. The fourth-order valence-corrected chi connectivity index (χ4v) is 2.89. The molecule has 2 rings (SSSR count). The van der Waals surface area contributed by atoms with Crippen LogP contribution in [-0.2, 0) is 29.0 Å². The Hall–Kier alpha value is -2.77. The Bertz CT molecular complexity index is 758. The number of hydrogen-bond donors (Lipinski definition) is 1. The summed E-state index contributed by atoms with van der Waals surface area (Å²) in [6.45, 7) is 2.09. The van der Waals surface area contributed by atoms with Crippen LogP contribution in [0.5, 0.6) is 5.75 Å². The van der Waals surface area contributed by atoms with E-state index < -0.39 is 5.97 Å². The lowest BCUT2D eigenvalue weighted by molar-refractivity contribution is -0.137. The van der Waals surface area contributed by atoms with Crippen molar-refractivity contribution in [3.63, 3.8) is 0 Å². The Morgan fingerprint density at radius 2 is 1.76 bits per heavy atom. The molecule has 29 heavy (non-hydrogen) atoms. The Morgan fingerprint density at radius 1 is 1.03 bits per heavy atom. The van der Waals surface area contributed by atoms with Gasteiger partial charge in [-0.15, -0.1) is 10.2 Å². The van der Waals surface area contributed by atoms with Gasteiger partial charge in [-0.25, -0.2) is 0 Å². The lowest BCUT2D eigenvalue weighted by atomic mass is 10.0. The van der Waals surface area contributed by atoms with Crippen molar-refractivity contribution >= 4 is 11.8 Å². The largest absolute Gasteiger partial charge is 0.486 e. The number of aromatic nitrogens is 4. The van der Waals surface area contributed by atoms with E-state index in [2.05, 4.69) is 22.3 Å². The maximum atomic E-state index is 12.0. The van der Waals surface area contributed by atoms with E-state index in [1.165, 1.54) is 44.1 Å². The van der Waals surface area contributed by atoms with Crippen LogP contribution in [0.3, 0.4) is 0 Å². The van der Waals surface area contributed by atoms with Gasteiger partial charge in [0.15, 0.2) is 11.6 Å². The first kappa shape index (κ1) is 22.5. The van der Waals surface area contributed by atoms with Crippen molar-refractivity contribution in [3.8, 4) is 5.75 Å². The van der Waals surface area contributed by atoms with E-state index in [9.17, 15) is 9.59 Å². The van der Waals surface area contributed by atoms with E-state index in [4.69, 9.17) is 9.84 Å². The van der Waals surface area contributed by atoms with Crippen molar-refractivity contribution < 1.29 is 19.4 Å². The van der Waals surface area contributed by atoms with Crippen LogP contribution in [0.1, 0.15) is 63.3 Å². The van der Waals surface area contributed by atoms with Crippen molar-refractivity contribution in [1.29, 1.82) is 0 Å². The van der Waals surface area contributed by atoms with Crippen LogP contribution < -0.4 is 4.74 Å². The van der Waals surface area contributed by atoms with E-state index in [1.807, 2.05) is 24.3 Å². The number of hydrogen-bond acceptors (Lipinski definition) is 6. The van der Waals surface area contributed by atoms with Crippen LogP contribution in [0, 0.1) is 0 Å². The summed E-state index contributed by atoms with van der Waals surface area (Å²) in [4.78, 5) is 23.7. The molecule has 0 radical (unpaired) electrons. The molecule has 8 heteroatoms. The van der Waals surface area contributed by atoms with Crippen LogP contribution in [0.2, 0.25) is 0 Å². The minimum absolute atomic E-state index is 0.0593. The van der Waals surface area contributed by atoms with Gasteiger partial charge in [-0.1, -0.05) is 51.2 Å². The van der Waals surface area contributed by atoms with Crippen LogP contribution in [0.25, 0.3) is 0 Å². The number of unbranched alkanes of at least 4 members (excludes halogenated alkanes) is 5. The van der Waals surface area contributed by atoms with Crippen molar-refractivity contribution in [2.45, 2.75) is 71.3 Å². The van der Waals surface area contributed by atoms with Crippen molar-refractivity contribution in [2.75, 3.05) is 6.61 Å². The summed E-state index contributed by atoms with van der Waals surface area (Å²) in [7, 11) is 0. The number of carboxylic acids is 1. The van der Waals surface area contributed by atoms with E-state index in [1.54, 1.807) is 0 Å². The highest BCUT2D eigenvalue weighted by Gasteiger charge is 2.10. The van der Waals surface area contributed by atoms with Gasteiger partial charge >= 0.3 is 5.97 Å². The standard InChI is InChI=1S/C21H30N4O4/c1-2-3-4-5-6-7-8-17-9-11-19(12-10-17)29-16-18(26)15-25-23-20(22-24-25)13-14-21(27)28/h9-12H,2-8,13-16H2,1H3,(H,27,28). The third-order valence-electron chi connectivity index (χ3n) is 4.52. The smallest absolute Gasteiger partial charge is 0.303 e. The normalized spacial score (nSPS) is 10.8. The molecule has 0 fully saturated rings. The average Bonchev–Trinajstić information content (AvgIpc) is 3.15. The van der Waals surface area contributed by atoms with Crippen LogP contribution >= 0.6 is 0 Å². The number of carbonyl (C=O) groups is 2. The van der Waals surface area contributed by atoms with Crippen molar-refractivity contribution in [1.82, 2.24) is 20.2 Å². The number of rotatable bonds is 15. The predicted octanol–water partition coefficient (Wildman–Crippen LogP) is 3.24. The number of tetrazole rings is 1. The number of carboxylic acid groups (broad SMARTS) is 1. The first-order valence-electron chi connectivity index (χ1n) is 10.3. The average molecular weight is 402 g/mol.